The number of carbonyl (C=O) groups excluding carboxylic acids is 1. The summed E-state index contributed by atoms with van der Waals surface area (Å²) in [6, 6.07) is 5.83. The number of rotatable bonds is 7. The van der Waals surface area contributed by atoms with Gasteiger partial charge in [-0.3, -0.25) is 9.52 Å². The van der Waals surface area contributed by atoms with Crippen molar-refractivity contribution in [2.75, 3.05) is 24.2 Å². The van der Waals surface area contributed by atoms with Crippen molar-refractivity contribution in [2.45, 2.75) is 18.9 Å². The molecule has 7 nitrogen and oxygen atoms in total. The van der Waals surface area contributed by atoms with E-state index in [-0.39, 0.29) is 13.2 Å². The molecule has 0 spiro atoms. The lowest BCUT2D eigenvalue weighted by molar-refractivity contribution is 0.0653. The van der Waals surface area contributed by atoms with Gasteiger partial charge in [0.1, 0.15) is 0 Å². The Hall–Kier alpha value is -1.64. The molecule has 8 heteroatoms. The van der Waals surface area contributed by atoms with Crippen LogP contribution in [0.1, 0.15) is 23.7 Å². The Bertz CT molecular complexity index is 571. The molecular weight excluding hydrogens is 296 g/mol. The van der Waals surface area contributed by atoms with Crippen LogP contribution in [0.15, 0.2) is 24.3 Å². The van der Waals surface area contributed by atoms with Crippen LogP contribution in [-0.2, 0) is 10.0 Å². The Morgan fingerprint density at radius 3 is 2.10 bits per heavy atom. The smallest absolute Gasteiger partial charge is 0.251 e. The van der Waals surface area contributed by atoms with Gasteiger partial charge in [-0.05, 0) is 30.7 Å². The first-order valence-electron chi connectivity index (χ1n) is 6.37. The molecule has 0 bridgehead atoms. The van der Waals surface area contributed by atoms with Gasteiger partial charge in [0.15, 0.2) is 0 Å². The second-order valence-corrected chi connectivity index (χ2v) is 6.60. The van der Waals surface area contributed by atoms with Crippen molar-refractivity contribution < 1.29 is 23.4 Å². The highest BCUT2D eigenvalue weighted by atomic mass is 32.2. The number of hydrogen-bond donors (Lipinski definition) is 4. The van der Waals surface area contributed by atoms with Crippen molar-refractivity contribution in [1.82, 2.24) is 5.32 Å². The molecule has 4 N–H and O–H groups in total. The minimum Gasteiger partial charge on any atom is -0.394 e. The highest BCUT2D eigenvalue weighted by Gasteiger charge is 2.28. The first kappa shape index (κ1) is 17.4. The predicted molar refractivity (Wildman–Crippen MR) is 79.6 cm³/mol. The molecule has 0 aliphatic rings. The van der Waals surface area contributed by atoms with Gasteiger partial charge in [-0.2, -0.15) is 0 Å². The molecule has 0 saturated carbocycles. The fourth-order valence-corrected chi connectivity index (χ4v) is 2.22. The molecule has 1 rings (SSSR count). The average molecular weight is 316 g/mol. The monoisotopic (exact) mass is 316 g/mol. The van der Waals surface area contributed by atoms with Gasteiger partial charge >= 0.3 is 0 Å². The molecule has 118 valence electrons. The van der Waals surface area contributed by atoms with Gasteiger partial charge in [-0.25, -0.2) is 8.42 Å². The van der Waals surface area contributed by atoms with Crippen LogP contribution >= 0.6 is 0 Å². The summed E-state index contributed by atoms with van der Waals surface area (Å²) in [6.45, 7) is 0.991. The van der Waals surface area contributed by atoms with E-state index in [1.165, 1.54) is 24.3 Å². The van der Waals surface area contributed by atoms with Crippen LogP contribution in [0.2, 0.25) is 0 Å². The van der Waals surface area contributed by atoms with Gasteiger partial charge < -0.3 is 15.5 Å². The van der Waals surface area contributed by atoms with E-state index in [2.05, 4.69) is 10.0 Å². The van der Waals surface area contributed by atoms with Crippen molar-refractivity contribution in [3.05, 3.63) is 29.8 Å². The zero-order valence-electron chi connectivity index (χ0n) is 12.0. The Kier molecular flexibility index (Phi) is 5.70. The Morgan fingerprint density at radius 1 is 1.19 bits per heavy atom. The molecule has 0 atom stereocenters. The number of anilines is 1. The van der Waals surface area contributed by atoms with Gasteiger partial charge in [0.2, 0.25) is 10.0 Å². The van der Waals surface area contributed by atoms with E-state index >= 15 is 0 Å². The van der Waals surface area contributed by atoms with Gasteiger partial charge in [0.25, 0.3) is 5.91 Å². The van der Waals surface area contributed by atoms with Gasteiger partial charge in [-0.1, -0.05) is 6.92 Å². The third-order valence-corrected chi connectivity index (χ3v) is 3.72. The maximum absolute atomic E-state index is 12.1. The van der Waals surface area contributed by atoms with Gasteiger partial charge in [0, 0.05) is 11.3 Å². The number of aliphatic hydroxyl groups is 2. The number of carbonyl (C=O) groups is 1. The molecule has 0 radical (unpaired) electrons. The summed E-state index contributed by atoms with van der Waals surface area (Å²) >= 11 is 0. The van der Waals surface area contributed by atoms with E-state index in [1.807, 2.05) is 0 Å². The standard InChI is InChI=1S/C13H20N2O5S/c1-3-13(8-16,9-17)14-12(18)10-4-6-11(7-5-10)15-21(2,19)20/h4-7,15-17H,3,8-9H2,1-2H3,(H,14,18). The third kappa shape index (κ3) is 5.00. The number of nitrogens with one attached hydrogen (secondary N) is 2. The second-order valence-electron chi connectivity index (χ2n) is 4.86. The lowest BCUT2D eigenvalue weighted by atomic mass is 9.98. The van der Waals surface area contributed by atoms with Crippen LogP contribution in [0.3, 0.4) is 0 Å². The van der Waals surface area contributed by atoms with Crippen LogP contribution in [0.4, 0.5) is 5.69 Å². The zero-order chi connectivity index (χ0) is 16.1. The molecule has 1 aromatic rings. The highest BCUT2D eigenvalue weighted by Crippen LogP contribution is 2.13. The maximum atomic E-state index is 12.1. The van der Waals surface area contributed by atoms with E-state index in [9.17, 15) is 23.4 Å². The summed E-state index contributed by atoms with van der Waals surface area (Å²) in [5.41, 5.74) is -0.422. The first-order chi connectivity index (χ1) is 9.75. The fraction of sp³-hybridized carbons (Fsp3) is 0.462. The molecule has 0 aromatic heterocycles. The van der Waals surface area contributed by atoms with Crippen molar-refractivity contribution in [3.8, 4) is 0 Å². The molecular formula is C13H20N2O5S. The summed E-state index contributed by atoms with van der Waals surface area (Å²) in [6.07, 6.45) is 1.41. The second kappa shape index (κ2) is 6.88. The normalized spacial score (nSPS) is 12.0. The van der Waals surface area contributed by atoms with E-state index in [4.69, 9.17) is 0 Å². The van der Waals surface area contributed by atoms with E-state index in [1.54, 1.807) is 6.92 Å². The average Bonchev–Trinajstić information content (AvgIpc) is 2.44. The van der Waals surface area contributed by atoms with Crippen LogP contribution in [0.5, 0.6) is 0 Å². The van der Waals surface area contributed by atoms with Crippen LogP contribution in [-0.4, -0.2) is 49.5 Å². The van der Waals surface area contributed by atoms with Crippen LogP contribution in [0, 0.1) is 0 Å². The molecule has 0 unspecified atom stereocenters. The Labute approximate surface area is 124 Å². The minimum absolute atomic E-state index is 0.300. The summed E-state index contributed by atoms with van der Waals surface area (Å²) in [4.78, 5) is 12.1. The van der Waals surface area contributed by atoms with Gasteiger partial charge in [-0.15, -0.1) is 0 Å². The number of benzene rings is 1. The lowest BCUT2D eigenvalue weighted by Gasteiger charge is -2.29. The van der Waals surface area contributed by atoms with E-state index in [0.29, 0.717) is 17.7 Å². The van der Waals surface area contributed by atoms with Crippen molar-refractivity contribution >= 4 is 21.6 Å². The topological polar surface area (TPSA) is 116 Å². The molecule has 0 saturated heterocycles. The Balaban J connectivity index is 2.84. The third-order valence-electron chi connectivity index (χ3n) is 3.11. The summed E-state index contributed by atoms with van der Waals surface area (Å²) in [5.74, 6) is -0.453. The highest BCUT2D eigenvalue weighted by molar-refractivity contribution is 7.92. The zero-order valence-corrected chi connectivity index (χ0v) is 12.8. The van der Waals surface area contributed by atoms with Gasteiger partial charge in [0.05, 0.1) is 25.0 Å². The van der Waals surface area contributed by atoms with Crippen molar-refractivity contribution in [3.63, 3.8) is 0 Å². The summed E-state index contributed by atoms with van der Waals surface area (Å²) < 4.78 is 24.4. The maximum Gasteiger partial charge on any atom is 0.251 e. The molecule has 0 heterocycles. The summed E-state index contributed by atoms with van der Waals surface area (Å²) in [5, 5.41) is 21.2. The van der Waals surface area contributed by atoms with E-state index < -0.39 is 21.5 Å². The number of hydrogen-bond acceptors (Lipinski definition) is 5. The summed E-state index contributed by atoms with van der Waals surface area (Å²) in [7, 11) is -3.37. The Morgan fingerprint density at radius 2 is 1.71 bits per heavy atom. The first-order valence-corrected chi connectivity index (χ1v) is 8.26. The number of sulfonamides is 1. The molecule has 1 aromatic carbocycles. The number of aliphatic hydroxyl groups excluding tert-OH is 2. The van der Waals surface area contributed by atoms with Crippen molar-refractivity contribution in [1.29, 1.82) is 0 Å². The minimum atomic E-state index is -3.37. The molecule has 0 aliphatic heterocycles. The SMILES string of the molecule is CCC(CO)(CO)NC(=O)c1ccc(NS(C)(=O)=O)cc1. The molecule has 0 fully saturated rings. The molecule has 1 amide bonds. The molecule has 21 heavy (non-hydrogen) atoms. The van der Waals surface area contributed by atoms with E-state index in [0.717, 1.165) is 6.26 Å². The predicted octanol–water partition coefficient (Wildman–Crippen LogP) is -0.0787. The lowest BCUT2D eigenvalue weighted by Crippen LogP contribution is -2.53. The van der Waals surface area contributed by atoms with Crippen LogP contribution < -0.4 is 10.0 Å². The number of amides is 1. The van der Waals surface area contributed by atoms with Crippen molar-refractivity contribution in [2.24, 2.45) is 0 Å². The molecule has 0 aliphatic carbocycles. The fourth-order valence-electron chi connectivity index (χ4n) is 1.66. The largest absolute Gasteiger partial charge is 0.394 e. The quantitative estimate of drug-likeness (QED) is 0.561. The van der Waals surface area contributed by atoms with Crippen LogP contribution in [0.25, 0.3) is 0 Å².